The van der Waals surface area contributed by atoms with Crippen molar-refractivity contribution >= 4 is 29.0 Å². The summed E-state index contributed by atoms with van der Waals surface area (Å²) in [6.07, 6.45) is 0. The number of nitrogens with two attached hydrogens (primary N) is 1. The van der Waals surface area contributed by atoms with E-state index in [-0.39, 0.29) is 11.5 Å². The molecule has 4 N–H and O–H groups in total. The van der Waals surface area contributed by atoms with Crippen molar-refractivity contribution in [3.63, 3.8) is 0 Å². The molecular weight excluding hydrogens is 230 g/mol. The van der Waals surface area contributed by atoms with Crippen LogP contribution in [0.2, 0.25) is 5.02 Å². The summed E-state index contributed by atoms with van der Waals surface area (Å²) in [5.74, 6) is -0.361. The maximum Gasteiger partial charge on any atom is 0.273 e. The van der Waals surface area contributed by atoms with Crippen LogP contribution in [-0.4, -0.2) is 21.3 Å². The van der Waals surface area contributed by atoms with Gasteiger partial charge in [-0.15, -0.1) is 10.2 Å². The lowest BCUT2D eigenvalue weighted by atomic mass is 10.3. The average Bonchev–Trinajstić information content (AvgIpc) is 2.69. The van der Waals surface area contributed by atoms with E-state index in [1.165, 1.54) is 0 Å². The van der Waals surface area contributed by atoms with Gasteiger partial charge < -0.3 is 11.1 Å². The first-order chi connectivity index (χ1) is 7.66. The van der Waals surface area contributed by atoms with E-state index in [2.05, 4.69) is 20.7 Å². The third-order valence-electron chi connectivity index (χ3n) is 1.89. The van der Waals surface area contributed by atoms with Crippen molar-refractivity contribution in [2.24, 2.45) is 5.73 Å². The second kappa shape index (κ2) is 4.19. The number of amides is 1. The third-order valence-corrected chi connectivity index (χ3v) is 2.14. The van der Waals surface area contributed by atoms with Crippen LogP contribution in [0.1, 0.15) is 10.5 Å². The summed E-state index contributed by atoms with van der Waals surface area (Å²) in [5, 5.41) is 13.2. The highest BCUT2D eigenvalue weighted by molar-refractivity contribution is 6.30. The molecule has 0 saturated carbocycles. The molecule has 0 radical (unpaired) electrons. The lowest BCUT2D eigenvalue weighted by molar-refractivity contribution is 0.0996. The molecule has 0 spiro atoms. The monoisotopic (exact) mass is 237 g/mol. The Hall–Kier alpha value is -2.08. The minimum absolute atomic E-state index is 0.0648. The van der Waals surface area contributed by atoms with Gasteiger partial charge in [-0.2, -0.15) is 5.21 Å². The molecule has 0 aliphatic rings. The Morgan fingerprint density at radius 3 is 2.62 bits per heavy atom. The van der Waals surface area contributed by atoms with E-state index in [4.69, 9.17) is 17.3 Å². The van der Waals surface area contributed by atoms with Gasteiger partial charge in [0.25, 0.3) is 5.91 Å². The molecule has 0 atom stereocenters. The summed E-state index contributed by atoms with van der Waals surface area (Å²) in [6, 6.07) is 6.94. The van der Waals surface area contributed by atoms with Gasteiger partial charge in [0, 0.05) is 10.7 Å². The van der Waals surface area contributed by atoms with Crippen molar-refractivity contribution in [3.8, 4) is 0 Å². The number of hydrogen-bond donors (Lipinski definition) is 3. The fourth-order valence-electron chi connectivity index (χ4n) is 1.16. The van der Waals surface area contributed by atoms with Crippen LogP contribution >= 0.6 is 11.6 Å². The lowest BCUT2D eigenvalue weighted by Crippen LogP contribution is -2.13. The minimum atomic E-state index is -0.648. The van der Waals surface area contributed by atoms with Crippen molar-refractivity contribution < 1.29 is 4.79 Å². The van der Waals surface area contributed by atoms with E-state index in [1.807, 2.05) is 0 Å². The van der Waals surface area contributed by atoms with Gasteiger partial charge in [0.2, 0.25) is 0 Å². The van der Waals surface area contributed by atoms with Crippen molar-refractivity contribution in [1.82, 2.24) is 15.4 Å². The highest BCUT2D eigenvalue weighted by Gasteiger charge is 2.12. The Kier molecular flexibility index (Phi) is 2.74. The fraction of sp³-hybridized carbons (Fsp3) is 0. The number of anilines is 2. The molecule has 0 aliphatic heterocycles. The normalized spacial score (nSPS) is 10.1. The van der Waals surface area contributed by atoms with Crippen LogP contribution in [-0.2, 0) is 0 Å². The Labute approximate surface area is 95.8 Å². The molecule has 0 saturated heterocycles. The lowest BCUT2D eigenvalue weighted by Gasteiger charge is -2.02. The molecule has 0 fully saturated rings. The molecule has 2 aromatic rings. The van der Waals surface area contributed by atoms with Gasteiger partial charge in [-0.1, -0.05) is 11.6 Å². The van der Waals surface area contributed by atoms with E-state index < -0.39 is 5.91 Å². The SMILES string of the molecule is NC(=O)c1n[nH]nc1Nc1ccc(Cl)cc1. The number of aromatic nitrogens is 3. The van der Waals surface area contributed by atoms with E-state index in [9.17, 15) is 4.79 Å². The zero-order chi connectivity index (χ0) is 11.5. The molecular formula is C9H8ClN5O. The number of carbonyl (C=O) groups excluding carboxylic acids is 1. The molecule has 1 heterocycles. The topological polar surface area (TPSA) is 96.7 Å². The van der Waals surface area contributed by atoms with Crippen LogP contribution < -0.4 is 11.1 Å². The zero-order valence-electron chi connectivity index (χ0n) is 8.07. The average molecular weight is 238 g/mol. The first-order valence-electron chi connectivity index (χ1n) is 4.40. The summed E-state index contributed by atoms with van der Waals surface area (Å²) in [6.45, 7) is 0. The van der Waals surface area contributed by atoms with Gasteiger partial charge in [0.05, 0.1) is 0 Å². The predicted molar refractivity (Wildman–Crippen MR) is 59.6 cm³/mol. The second-order valence-corrected chi connectivity index (χ2v) is 3.45. The number of H-pyrrole nitrogens is 1. The molecule has 1 aromatic heterocycles. The number of primary amides is 1. The van der Waals surface area contributed by atoms with Gasteiger partial charge in [-0.05, 0) is 24.3 Å². The molecule has 0 bridgehead atoms. The minimum Gasteiger partial charge on any atom is -0.364 e. The van der Waals surface area contributed by atoms with Gasteiger partial charge in [-0.3, -0.25) is 4.79 Å². The molecule has 0 unspecified atom stereocenters. The van der Waals surface area contributed by atoms with Crippen molar-refractivity contribution in [1.29, 1.82) is 0 Å². The molecule has 82 valence electrons. The summed E-state index contributed by atoms with van der Waals surface area (Å²) >= 11 is 5.74. The van der Waals surface area contributed by atoms with Crippen LogP contribution in [0, 0.1) is 0 Å². The van der Waals surface area contributed by atoms with Gasteiger partial charge in [0.15, 0.2) is 11.5 Å². The summed E-state index contributed by atoms with van der Waals surface area (Å²) in [5.41, 5.74) is 5.92. The number of nitrogens with one attached hydrogen (secondary N) is 2. The predicted octanol–water partition coefficient (Wildman–Crippen LogP) is 1.30. The van der Waals surface area contributed by atoms with E-state index in [0.717, 1.165) is 5.69 Å². The molecule has 6 nitrogen and oxygen atoms in total. The number of carbonyl (C=O) groups is 1. The number of aromatic amines is 1. The maximum absolute atomic E-state index is 11.0. The Bertz CT molecular complexity index is 507. The first kappa shape index (κ1) is 10.4. The number of hydrogen-bond acceptors (Lipinski definition) is 4. The van der Waals surface area contributed by atoms with Crippen molar-refractivity contribution in [2.75, 3.05) is 5.32 Å². The Balaban J connectivity index is 2.23. The smallest absolute Gasteiger partial charge is 0.273 e. The van der Waals surface area contributed by atoms with Crippen LogP contribution in [0.15, 0.2) is 24.3 Å². The first-order valence-corrected chi connectivity index (χ1v) is 4.78. The van der Waals surface area contributed by atoms with E-state index in [1.54, 1.807) is 24.3 Å². The van der Waals surface area contributed by atoms with Crippen LogP contribution in [0.4, 0.5) is 11.5 Å². The van der Waals surface area contributed by atoms with Gasteiger partial charge in [0.1, 0.15) is 0 Å². The molecule has 2 rings (SSSR count). The quantitative estimate of drug-likeness (QED) is 0.750. The van der Waals surface area contributed by atoms with Crippen LogP contribution in [0.5, 0.6) is 0 Å². The van der Waals surface area contributed by atoms with Crippen molar-refractivity contribution in [2.45, 2.75) is 0 Å². The highest BCUT2D eigenvalue weighted by atomic mass is 35.5. The molecule has 16 heavy (non-hydrogen) atoms. The molecule has 1 amide bonds. The third kappa shape index (κ3) is 2.12. The fourth-order valence-corrected chi connectivity index (χ4v) is 1.29. The van der Waals surface area contributed by atoms with Crippen LogP contribution in [0.3, 0.4) is 0 Å². The highest BCUT2D eigenvalue weighted by Crippen LogP contribution is 2.18. The van der Waals surface area contributed by atoms with Gasteiger partial charge >= 0.3 is 0 Å². The van der Waals surface area contributed by atoms with Crippen LogP contribution in [0.25, 0.3) is 0 Å². The number of halogens is 1. The number of benzene rings is 1. The summed E-state index contributed by atoms with van der Waals surface area (Å²) in [7, 11) is 0. The molecule has 7 heteroatoms. The van der Waals surface area contributed by atoms with E-state index >= 15 is 0 Å². The maximum atomic E-state index is 11.0. The Morgan fingerprint density at radius 2 is 2.00 bits per heavy atom. The van der Waals surface area contributed by atoms with E-state index in [0.29, 0.717) is 5.02 Å². The van der Waals surface area contributed by atoms with Crippen molar-refractivity contribution in [3.05, 3.63) is 35.0 Å². The Morgan fingerprint density at radius 1 is 1.31 bits per heavy atom. The van der Waals surface area contributed by atoms with Gasteiger partial charge in [-0.25, -0.2) is 0 Å². The summed E-state index contributed by atoms with van der Waals surface area (Å²) in [4.78, 5) is 11.0. The molecule has 0 aliphatic carbocycles. The largest absolute Gasteiger partial charge is 0.364 e. The number of rotatable bonds is 3. The summed E-state index contributed by atoms with van der Waals surface area (Å²) < 4.78 is 0. The standard InChI is InChI=1S/C9H8ClN5O/c10-5-1-3-6(4-2-5)12-9-7(8(11)16)13-15-14-9/h1-4H,(H2,11,16)(H2,12,13,14,15). The molecule has 1 aromatic carbocycles. The zero-order valence-corrected chi connectivity index (χ0v) is 8.82. The second-order valence-electron chi connectivity index (χ2n) is 3.02. The number of nitrogens with zero attached hydrogens (tertiary/aromatic N) is 2.